The van der Waals surface area contributed by atoms with E-state index in [1.165, 1.54) is 12.1 Å². The molecule has 1 heterocycles. The number of hydrogen-bond donors (Lipinski definition) is 3. The van der Waals surface area contributed by atoms with Crippen LogP contribution in [0.15, 0.2) is 36.4 Å². The Bertz CT molecular complexity index is 1180. The highest BCUT2D eigenvalue weighted by Crippen LogP contribution is 2.36. The molecule has 3 rings (SSSR count). The van der Waals surface area contributed by atoms with Crippen LogP contribution >= 0.6 is 0 Å². The number of carbonyl (C=O) groups excluding carboxylic acids is 1. The van der Waals surface area contributed by atoms with E-state index in [-0.39, 0.29) is 5.69 Å². The van der Waals surface area contributed by atoms with E-state index in [2.05, 4.69) is 0 Å². The molecule has 10 nitrogen and oxygen atoms in total. The maximum absolute atomic E-state index is 14.5. The Morgan fingerprint density at radius 2 is 1.93 bits per heavy atom. The molecule has 0 unspecified atom stereocenters. The molecule has 2 aromatic carbocycles. The number of phenolic OH excluding ortho intramolecular Hbond substituents is 1. The summed E-state index contributed by atoms with van der Waals surface area (Å²) in [5.41, 5.74) is -1.26. The molecule has 0 saturated carbocycles. The van der Waals surface area contributed by atoms with Crippen molar-refractivity contribution in [2.75, 3.05) is 26.9 Å². The number of phenols is 1. The molecule has 156 valence electrons. The highest BCUT2D eigenvalue weighted by atomic mass is 32.2. The zero-order valence-corrected chi connectivity index (χ0v) is 16.3. The third-order valence-electron chi connectivity index (χ3n) is 3.89. The van der Waals surface area contributed by atoms with Crippen LogP contribution in [-0.4, -0.2) is 41.4 Å². The topological polar surface area (TPSA) is 136 Å². The number of benzene rings is 2. The summed E-state index contributed by atoms with van der Waals surface area (Å²) < 4.78 is 81.0. The van der Waals surface area contributed by atoms with E-state index >= 15 is 0 Å². The van der Waals surface area contributed by atoms with E-state index in [0.29, 0.717) is 14.7 Å². The van der Waals surface area contributed by atoms with E-state index in [1.807, 2.05) is 4.72 Å². The number of amides is 1. The van der Waals surface area contributed by atoms with Crippen LogP contribution in [0.3, 0.4) is 0 Å². The quantitative estimate of drug-likeness (QED) is 0.614. The number of nitrogens with one attached hydrogen (secondary N) is 2. The first-order valence-electron chi connectivity index (χ1n) is 7.79. The number of rotatable bonds is 5. The first kappa shape index (κ1) is 20.6. The molecule has 0 atom stereocenters. The molecule has 0 spiro atoms. The van der Waals surface area contributed by atoms with Crippen molar-refractivity contribution in [1.82, 2.24) is 4.72 Å². The second-order valence-corrected chi connectivity index (χ2v) is 9.21. The van der Waals surface area contributed by atoms with Crippen molar-refractivity contribution in [1.29, 1.82) is 0 Å². The number of carbonyl (C=O) groups is 1. The van der Waals surface area contributed by atoms with Gasteiger partial charge in [0.15, 0.2) is 5.82 Å². The van der Waals surface area contributed by atoms with Gasteiger partial charge in [0.25, 0.3) is 5.91 Å². The highest BCUT2D eigenvalue weighted by molar-refractivity contribution is 7.94. The zero-order valence-electron chi connectivity index (χ0n) is 14.6. The van der Waals surface area contributed by atoms with Crippen LogP contribution in [0, 0.1) is 11.6 Å². The van der Waals surface area contributed by atoms with Gasteiger partial charge in [0, 0.05) is 19.2 Å². The molecule has 14 heteroatoms. The van der Waals surface area contributed by atoms with Crippen molar-refractivity contribution < 1.29 is 35.5 Å². The second-order valence-electron chi connectivity index (χ2n) is 5.92. The minimum absolute atomic E-state index is 0.0217. The van der Waals surface area contributed by atoms with Crippen LogP contribution in [0.4, 0.5) is 25.8 Å². The van der Waals surface area contributed by atoms with Gasteiger partial charge in [0.1, 0.15) is 23.8 Å². The average molecular weight is 448 g/mol. The zero-order chi connectivity index (χ0) is 21.6. The monoisotopic (exact) mass is 448 g/mol. The van der Waals surface area contributed by atoms with Crippen molar-refractivity contribution in [2.45, 2.75) is 0 Å². The summed E-state index contributed by atoms with van der Waals surface area (Å²) in [6.45, 7) is -0.750. The van der Waals surface area contributed by atoms with Crippen molar-refractivity contribution >= 4 is 43.4 Å². The Labute approximate surface area is 164 Å². The van der Waals surface area contributed by atoms with E-state index in [4.69, 9.17) is 0 Å². The Balaban J connectivity index is 1.92. The molecule has 1 aliphatic heterocycles. The predicted octanol–water partition coefficient (Wildman–Crippen LogP) is 0.645. The van der Waals surface area contributed by atoms with Gasteiger partial charge in [-0.2, -0.15) is 16.8 Å². The van der Waals surface area contributed by atoms with Crippen LogP contribution < -0.4 is 18.1 Å². The Kier molecular flexibility index (Phi) is 5.00. The van der Waals surface area contributed by atoms with E-state index in [1.54, 1.807) is 4.72 Å². The molecule has 1 amide bonds. The van der Waals surface area contributed by atoms with Gasteiger partial charge in [0.2, 0.25) is 0 Å². The van der Waals surface area contributed by atoms with Crippen molar-refractivity contribution in [3.63, 3.8) is 0 Å². The van der Waals surface area contributed by atoms with Crippen molar-refractivity contribution in [3.05, 3.63) is 48.0 Å². The third-order valence-corrected chi connectivity index (χ3v) is 6.70. The summed E-state index contributed by atoms with van der Waals surface area (Å²) >= 11 is 0. The summed E-state index contributed by atoms with van der Waals surface area (Å²) in [4.78, 5) is 11.3. The van der Waals surface area contributed by atoms with Crippen LogP contribution in [-0.2, 0) is 25.2 Å². The molecule has 1 saturated heterocycles. The fourth-order valence-corrected chi connectivity index (χ4v) is 4.68. The lowest BCUT2D eigenvalue weighted by Crippen LogP contribution is -2.33. The first-order chi connectivity index (χ1) is 13.4. The molecular formula is C15H14F2N4O6S2. The van der Waals surface area contributed by atoms with Gasteiger partial charge in [0.05, 0.1) is 11.4 Å². The third kappa shape index (κ3) is 4.02. The minimum Gasteiger partial charge on any atom is -0.506 e. The fraction of sp³-hybridized carbons (Fsp3) is 0.133. The fourth-order valence-electron chi connectivity index (χ4n) is 2.56. The van der Waals surface area contributed by atoms with Crippen LogP contribution in [0.1, 0.15) is 0 Å². The van der Waals surface area contributed by atoms with Crippen molar-refractivity contribution in [2.24, 2.45) is 0 Å². The number of hydrogen-bond acceptors (Lipinski definition) is 6. The lowest BCUT2D eigenvalue weighted by Gasteiger charge is -2.21. The first-order valence-corrected chi connectivity index (χ1v) is 10.7. The molecule has 0 aliphatic carbocycles. The number of halogens is 2. The highest BCUT2D eigenvalue weighted by Gasteiger charge is 2.37. The summed E-state index contributed by atoms with van der Waals surface area (Å²) in [6, 6.07) is 6.10. The van der Waals surface area contributed by atoms with Crippen LogP contribution in [0.5, 0.6) is 5.75 Å². The summed E-state index contributed by atoms with van der Waals surface area (Å²) in [7, 11) is -7.60. The molecule has 0 bridgehead atoms. The standard InChI is InChI=1S/C15H14F2N4O6S2/c1-20(11-4-2-3-9(16)5-11)28(24,25)18-10-6-12(17)15(13(22)7-10)21-8-14(23)19-29(21,26)27/h2-7,18,22H,8H2,1H3,(H,19,23). The van der Waals surface area contributed by atoms with Gasteiger partial charge < -0.3 is 5.11 Å². The van der Waals surface area contributed by atoms with Gasteiger partial charge in [-0.25, -0.2) is 17.8 Å². The second kappa shape index (κ2) is 7.04. The Morgan fingerprint density at radius 1 is 1.24 bits per heavy atom. The molecule has 3 N–H and O–H groups in total. The molecule has 1 aliphatic rings. The normalized spacial score (nSPS) is 15.8. The maximum Gasteiger partial charge on any atom is 0.326 e. The Hall–Kier alpha value is -3.13. The predicted molar refractivity (Wildman–Crippen MR) is 99.8 cm³/mol. The Morgan fingerprint density at radius 3 is 2.48 bits per heavy atom. The van der Waals surface area contributed by atoms with Crippen LogP contribution in [0.25, 0.3) is 0 Å². The maximum atomic E-state index is 14.5. The van der Waals surface area contributed by atoms with E-state index in [9.17, 15) is 35.5 Å². The molecule has 2 aromatic rings. The number of anilines is 3. The summed E-state index contributed by atoms with van der Waals surface area (Å²) in [6.07, 6.45) is 0. The molecular weight excluding hydrogens is 434 g/mol. The van der Waals surface area contributed by atoms with Crippen molar-refractivity contribution in [3.8, 4) is 5.75 Å². The number of nitrogens with zero attached hydrogens (tertiary/aromatic N) is 2. The average Bonchev–Trinajstić information content (AvgIpc) is 2.85. The van der Waals surface area contributed by atoms with E-state index in [0.717, 1.165) is 25.2 Å². The summed E-state index contributed by atoms with van der Waals surface area (Å²) in [5, 5.41) is 10.1. The molecule has 29 heavy (non-hydrogen) atoms. The molecule has 1 fully saturated rings. The van der Waals surface area contributed by atoms with Gasteiger partial charge in [-0.3, -0.25) is 13.8 Å². The van der Waals surface area contributed by atoms with Gasteiger partial charge in [-0.1, -0.05) is 6.07 Å². The van der Waals surface area contributed by atoms with Gasteiger partial charge in [-0.15, -0.1) is 0 Å². The lowest BCUT2D eigenvalue weighted by molar-refractivity contribution is -0.117. The van der Waals surface area contributed by atoms with Crippen LogP contribution in [0.2, 0.25) is 0 Å². The summed E-state index contributed by atoms with van der Waals surface area (Å²) in [5.74, 6) is -3.81. The van der Waals surface area contributed by atoms with Gasteiger partial charge >= 0.3 is 20.4 Å². The SMILES string of the molecule is CN(c1cccc(F)c1)S(=O)(=O)Nc1cc(O)c(N2CC(=O)NS2(=O)=O)c(F)c1. The van der Waals surface area contributed by atoms with Gasteiger partial charge in [-0.05, 0) is 18.2 Å². The number of aromatic hydroxyl groups is 1. The molecule has 0 radical (unpaired) electrons. The van der Waals surface area contributed by atoms with E-state index < -0.39 is 61.6 Å². The lowest BCUT2D eigenvalue weighted by atomic mass is 10.2. The smallest absolute Gasteiger partial charge is 0.326 e. The largest absolute Gasteiger partial charge is 0.506 e. The molecule has 0 aromatic heterocycles. The minimum atomic E-state index is -4.38.